The van der Waals surface area contributed by atoms with E-state index < -0.39 is 9.84 Å². The lowest BCUT2D eigenvalue weighted by atomic mass is 10.0. The summed E-state index contributed by atoms with van der Waals surface area (Å²) < 4.78 is 22.3. The average Bonchev–Trinajstić information content (AvgIpc) is 2.47. The van der Waals surface area contributed by atoms with Crippen LogP contribution in [-0.4, -0.2) is 14.2 Å². The fraction of sp³-hybridized carbons (Fsp3) is 0.200. The van der Waals surface area contributed by atoms with Crippen molar-refractivity contribution in [3.63, 3.8) is 0 Å². The molecule has 0 radical (unpaired) electrons. The Bertz CT molecular complexity index is 459. The summed E-state index contributed by atoms with van der Waals surface area (Å²) in [6.07, 6.45) is 1.72. The summed E-state index contributed by atoms with van der Waals surface area (Å²) in [5.74, 6) is 0.164. The second-order valence-electron chi connectivity index (χ2n) is 3.43. The van der Waals surface area contributed by atoms with E-state index in [2.05, 4.69) is 0 Å². The van der Waals surface area contributed by atoms with Gasteiger partial charge in [-0.1, -0.05) is 18.2 Å². The van der Waals surface area contributed by atoms with Gasteiger partial charge in [0.1, 0.15) is 0 Å². The molecular formula is C10H11NO2S. The number of hydrogen-bond donors (Lipinski definition) is 1. The molecule has 1 aliphatic rings. The summed E-state index contributed by atoms with van der Waals surface area (Å²) in [5.41, 5.74) is 7.23. The maximum atomic E-state index is 11.2. The van der Waals surface area contributed by atoms with Crippen LogP contribution in [0.5, 0.6) is 0 Å². The van der Waals surface area contributed by atoms with Crippen LogP contribution in [0.1, 0.15) is 11.5 Å². The molecular weight excluding hydrogens is 198 g/mol. The fourth-order valence-electron chi connectivity index (χ4n) is 1.53. The molecule has 0 saturated heterocycles. The van der Waals surface area contributed by atoms with Gasteiger partial charge in [-0.2, -0.15) is 0 Å². The summed E-state index contributed by atoms with van der Waals surface area (Å²) in [4.78, 5) is 0. The van der Waals surface area contributed by atoms with E-state index in [-0.39, 0.29) is 11.7 Å². The minimum absolute atomic E-state index is 0.0133. The van der Waals surface area contributed by atoms with Crippen LogP contribution in [0.25, 0.3) is 0 Å². The third-order valence-corrected chi connectivity index (χ3v) is 3.69. The first-order valence-corrected chi connectivity index (χ1v) is 6.05. The molecule has 1 aromatic rings. The molecule has 1 aliphatic heterocycles. The topological polar surface area (TPSA) is 60.2 Å². The molecule has 3 nitrogen and oxygen atoms in total. The van der Waals surface area contributed by atoms with Gasteiger partial charge in [0.05, 0.1) is 5.75 Å². The van der Waals surface area contributed by atoms with Crippen molar-refractivity contribution in [3.05, 3.63) is 41.3 Å². The molecule has 0 amide bonds. The van der Waals surface area contributed by atoms with Gasteiger partial charge >= 0.3 is 0 Å². The minimum atomic E-state index is -2.97. The van der Waals surface area contributed by atoms with Crippen molar-refractivity contribution in [2.45, 2.75) is 5.92 Å². The molecule has 0 fully saturated rings. The molecule has 1 heterocycles. The molecule has 2 N–H and O–H groups in total. The molecule has 2 rings (SSSR count). The molecule has 0 aliphatic carbocycles. The van der Waals surface area contributed by atoms with Crippen LogP contribution in [0, 0.1) is 0 Å². The third kappa shape index (κ3) is 1.80. The van der Waals surface area contributed by atoms with Crippen molar-refractivity contribution >= 4 is 15.5 Å². The quantitative estimate of drug-likeness (QED) is 0.709. The van der Waals surface area contributed by atoms with Gasteiger partial charge in [0, 0.05) is 17.0 Å². The van der Waals surface area contributed by atoms with Gasteiger partial charge in [-0.15, -0.1) is 0 Å². The molecule has 0 bridgehead atoms. The van der Waals surface area contributed by atoms with Gasteiger partial charge in [0.25, 0.3) is 0 Å². The van der Waals surface area contributed by atoms with Crippen molar-refractivity contribution in [1.82, 2.24) is 0 Å². The zero-order chi connectivity index (χ0) is 10.2. The summed E-state index contributed by atoms with van der Waals surface area (Å²) in [7, 11) is -2.97. The lowest BCUT2D eigenvalue weighted by Gasteiger charge is -2.06. The molecule has 74 valence electrons. The SMILES string of the molecule is Nc1ccc([C@H]2C=CS(=O)(=O)C2)cc1. The molecule has 0 spiro atoms. The summed E-state index contributed by atoms with van der Waals surface area (Å²) in [6.45, 7) is 0. The van der Waals surface area contributed by atoms with Gasteiger partial charge in [-0.05, 0) is 17.7 Å². The Morgan fingerprint density at radius 3 is 2.36 bits per heavy atom. The van der Waals surface area contributed by atoms with Gasteiger partial charge in [0.15, 0.2) is 9.84 Å². The number of hydrogen-bond acceptors (Lipinski definition) is 3. The second kappa shape index (κ2) is 3.13. The standard InChI is InChI=1S/C10H11NO2S/c11-10-3-1-8(2-4-10)9-5-6-14(12,13)7-9/h1-6,9H,7,11H2/t9-/m0/s1. The smallest absolute Gasteiger partial charge is 0.172 e. The van der Waals surface area contributed by atoms with E-state index in [4.69, 9.17) is 5.73 Å². The maximum absolute atomic E-state index is 11.2. The van der Waals surface area contributed by atoms with E-state index >= 15 is 0 Å². The highest BCUT2D eigenvalue weighted by molar-refractivity contribution is 7.94. The number of nitrogens with two attached hydrogens (primary N) is 1. The van der Waals surface area contributed by atoms with Crippen LogP contribution < -0.4 is 5.73 Å². The predicted octanol–water partition coefficient (Wildman–Crippen LogP) is 1.29. The van der Waals surface area contributed by atoms with Crippen LogP contribution in [-0.2, 0) is 9.84 Å². The first kappa shape index (κ1) is 9.27. The van der Waals surface area contributed by atoms with Gasteiger partial charge in [-0.3, -0.25) is 0 Å². The summed E-state index contributed by atoms with van der Waals surface area (Å²) >= 11 is 0. The van der Waals surface area contributed by atoms with E-state index in [1.807, 2.05) is 12.1 Å². The second-order valence-corrected chi connectivity index (χ2v) is 5.36. The van der Waals surface area contributed by atoms with Gasteiger partial charge < -0.3 is 5.73 Å². The Kier molecular flexibility index (Phi) is 2.07. The maximum Gasteiger partial charge on any atom is 0.172 e. The highest BCUT2D eigenvalue weighted by Crippen LogP contribution is 2.26. The number of rotatable bonds is 1. The Morgan fingerprint density at radius 1 is 1.21 bits per heavy atom. The number of anilines is 1. The van der Waals surface area contributed by atoms with E-state index in [1.54, 1.807) is 18.2 Å². The lowest BCUT2D eigenvalue weighted by Crippen LogP contribution is -2.03. The summed E-state index contributed by atoms with van der Waals surface area (Å²) in [5, 5.41) is 1.29. The highest BCUT2D eigenvalue weighted by atomic mass is 32.2. The van der Waals surface area contributed by atoms with Crippen molar-refractivity contribution < 1.29 is 8.42 Å². The Hall–Kier alpha value is -1.29. The Labute approximate surface area is 83.2 Å². The van der Waals surface area contributed by atoms with Crippen LogP contribution >= 0.6 is 0 Å². The Balaban J connectivity index is 2.27. The Morgan fingerprint density at radius 2 is 1.86 bits per heavy atom. The highest BCUT2D eigenvalue weighted by Gasteiger charge is 2.22. The number of nitrogen functional groups attached to an aromatic ring is 1. The monoisotopic (exact) mass is 209 g/mol. The van der Waals surface area contributed by atoms with E-state index in [0.29, 0.717) is 5.69 Å². The van der Waals surface area contributed by atoms with Crippen molar-refractivity contribution in [1.29, 1.82) is 0 Å². The van der Waals surface area contributed by atoms with Crippen molar-refractivity contribution in [3.8, 4) is 0 Å². The van der Waals surface area contributed by atoms with Crippen LogP contribution in [0.15, 0.2) is 35.7 Å². The fourth-order valence-corrected chi connectivity index (χ4v) is 2.87. The predicted molar refractivity (Wildman–Crippen MR) is 56.5 cm³/mol. The first-order chi connectivity index (χ1) is 6.57. The zero-order valence-electron chi connectivity index (χ0n) is 7.55. The normalized spacial score (nSPS) is 23.9. The molecule has 0 saturated carbocycles. The zero-order valence-corrected chi connectivity index (χ0v) is 8.37. The third-order valence-electron chi connectivity index (χ3n) is 2.29. The number of benzene rings is 1. The molecule has 1 atom stereocenters. The van der Waals surface area contributed by atoms with Crippen LogP contribution in [0.4, 0.5) is 5.69 Å². The molecule has 14 heavy (non-hydrogen) atoms. The van der Waals surface area contributed by atoms with Crippen LogP contribution in [0.3, 0.4) is 0 Å². The lowest BCUT2D eigenvalue weighted by molar-refractivity contribution is 0.604. The first-order valence-electron chi connectivity index (χ1n) is 4.33. The summed E-state index contributed by atoms with van der Waals surface area (Å²) in [6, 6.07) is 7.30. The molecule has 0 aromatic heterocycles. The van der Waals surface area contributed by atoms with Crippen molar-refractivity contribution in [2.75, 3.05) is 11.5 Å². The number of sulfone groups is 1. The minimum Gasteiger partial charge on any atom is -0.399 e. The molecule has 4 heteroatoms. The largest absolute Gasteiger partial charge is 0.399 e. The number of allylic oxidation sites excluding steroid dienone is 1. The molecule has 0 unspecified atom stereocenters. The van der Waals surface area contributed by atoms with Gasteiger partial charge in [0.2, 0.25) is 0 Å². The van der Waals surface area contributed by atoms with Gasteiger partial charge in [-0.25, -0.2) is 8.42 Å². The van der Waals surface area contributed by atoms with E-state index in [9.17, 15) is 8.42 Å². The van der Waals surface area contributed by atoms with E-state index in [0.717, 1.165) is 5.56 Å². The average molecular weight is 209 g/mol. The van der Waals surface area contributed by atoms with Crippen LogP contribution in [0.2, 0.25) is 0 Å². The van der Waals surface area contributed by atoms with E-state index in [1.165, 1.54) is 5.41 Å². The van der Waals surface area contributed by atoms with Crippen molar-refractivity contribution in [2.24, 2.45) is 0 Å². The molecule has 1 aromatic carbocycles.